The Labute approximate surface area is 123 Å². The summed E-state index contributed by atoms with van der Waals surface area (Å²) in [6.45, 7) is 4.15. The molecule has 0 radical (unpaired) electrons. The molecule has 2 rings (SSSR count). The molecule has 2 nitrogen and oxygen atoms in total. The van der Waals surface area contributed by atoms with Gasteiger partial charge in [0, 0.05) is 23.5 Å². The van der Waals surface area contributed by atoms with Crippen molar-refractivity contribution in [2.24, 2.45) is 0 Å². The molecule has 2 atom stereocenters. The molecule has 0 amide bonds. The monoisotopic (exact) mass is 295 g/mol. The van der Waals surface area contributed by atoms with Gasteiger partial charge in [0.1, 0.15) is 11.6 Å². The highest BCUT2D eigenvalue weighted by atomic mass is 35.5. The minimum absolute atomic E-state index is 0.0784. The summed E-state index contributed by atoms with van der Waals surface area (Å²) in [4.78, 5) is 0. The Hall–Kier alpha value is -1.32. The third-order valence-corrected chi connectivity index (χ3v) is 3.69. The van der Waals surface area contributed by atoms with E-state index in [1.807, 2.05) is 19.1 Å². The van der Waals surface area contributed by atoms with E-state index in [-0.39, 0.29) is 11.9 Å². The van der Waals surface area contributed by atoms with E-state index in [0.717, 1.165) is 24.2 Å². The molecule has 0 bridgehead atoms. The molecular weight excluding hydrogens is 277 g/mol. The SMILES string of the molecule is CC(CCc1ccco1)NC(C)c1ccc(F)cc1Cl. The molecule has 108 valence electrons. The van der Waals surface area contributed by atoms with Gasteiger partial charge in [-0.25, -0.2) is 4.39 Å². The number of nitrogens with one attached hydrogen (secondary N) is 1. The van der Waals surface area contributed by atoms with E-state index in [9.17, 15) is 4.39 Å². The number of rotatable bonds is 6. The highest BCUT2D eigenvalue weighted by molar-refractivity contribution is 6.31. The molecule has 1 aromatic carbocycles. The average Bonchev–Trinajstić information content (AvgIpc) is 2.89. The Bertz CT molecular complexity index is 541. The van der Waals surface area contributed by atoms with Crippen molar-refractivity contribution in [3.05, 3.63) is 58.8 Å². The lowest BCUT2D eigenvalue weighted by molar-refractivity contribution is 0.430. The third-order valence-electron chi connectivity index (χ3n) is 3.37. The number of benzene rings is 1. The lowest BCUT2D eigenvalue weighted by Crippen LogP contribution is -2.29. The maximum atomic E-state index is 13.0. The smallest absolute Gasteiger partial charge is 0.124 e. The van der Waals surface area contributed by atoms with Crippen LogP contribution in [0, 0.1) is 5.82 Å². The molecule has 4 heteroatoms. The van der Waals surface area contributed by atoms with Gasteiger partial charge in [-0.1, -0.05) is 17.7 Å². The molecule has 0 aliphatic rings. The average molecular weight is 296 g/mol. The van der Waals surface area contributed by atoms with Crippen molar-refractivity contribution in [3.8, 4) is 0 Å². The van der Waals surface area contributed by atoms with Gasteiger partial charge >= 0.3 is 0 Å². The lowest BCUT2D eigenvalue weighted by atomic mass is 10.1. The summed E-state index contributed by atoms with van der Waals surface area (Å²) >= 11 is 6.07. The lowest BCUT2D eigenvalue weighted by Gasteiger charge is -2.21. The Balaban J connectivity index is 1.88. The quantitative estimate of drug-likeness (QED) is 0.832. The fraction of sp³-hybridized carbons (Fsp3) is 0.375. The molecule has 2 aromatic rings. The number of hydrogen-bond donors (Lipinski definition) is 1. The number of aryl methyl sites for hydroxylation is 1. The zero-order valence-electron chi connectivity index (χ0n) is 11.7. The molecular formula is C16H19ClFNO. The van der Waals surface area contributed by atoms with E-state index in [0.29, 0.717) is 11.1 Å². The zero-order valence-corrected chi connectivity index (χ0v) is 12.5. The normalized spacial score (nSPS) is 14.2. The number of halogens is 2. The molecule has 0 aliphatic heterocycles. The van der Waals surface area contributed by atoms with E-state index >= 15 is 0 Å². The second-order valence-electron chi connectivity index (χ2n) is 5.07. The van der Waals surface area contributed by atoms with E-state index in [1.165, 1.54) is 12.1 Å². The van der Waals surface area contributed by atoms with Crippen molar-refractivity contribution in [1.29, 1.82) is 0 Å². The van der Waals surface area contributed by atoms with Crippen LogP contribution in [-0.4, -0.2) is 6.04 Å². The van der Waals surface area contributed by atoms with E-state index in [2.05, 4.69) is 12.2 Å². The highest BCUT2D eigenvalue weighted by Gasteiger charge is 2.13. The Kier molecular flexibility index (Phi) is 5.21. The van der Waals surface area contributed by atoms with Crippen LogP contribution in [0.25, 0.3) is 0 Å². The summed E-state index contributed by atoms with van der Waals surface area (Å²) in [5.74, 6) is 0.683. The van der Waals surface area contributed by atoms with Crippen molar-refractivity contribution in [2.75, 3.05) is 0 Å². The molecule has 1 aromatic heterocycles. The Morgan fingerprint density at radius 2 is 2.10 bits per heavy atom. The Morgan fingerprint density at radius 3 is 2.75 bits per heavy atom. The molecule has 0 spiro atoms. The molecule has 2 unspecified atom stereocenters. The topological polar surface area (TPSA) is 25.2 Å². The van der Waals surface area contributed by atoms with Gasteiger partial charge in [0.25, 0.3) is 0 Å². The number of hydrogen-bond acceptors (Lipinski definition) is 2. The van der Waals surface area contributed by atoms with Gasteiger partial charge in [0.15, 0.2) is 0 Å². The van der Waals surface area contributed by atoms with Gasteiger partial charge in [-0.2, -0.15) is 0 Å². The van der Waals surface area contributed by atoms with Crippen LogP contribution >= 0.6 is 11.6 Å². The summed E-state index contributed by atoms with van der Waals surface area (Å²) in [6.07, 6.45) is 3.55. The van der Waals surface area contributed by atoms with Gasteiger partial charge in [-0.05, 0) is 50.1 Å². The van der Waals surface area contributed by atoms with Crippen molar-refractivity contribution in [2.45, 2.75) is 38.8 Å². The maximum Gasteiger partial charge on any atom is 0.124 e. The van der Waals surface area contributed by atoms with Crippen molar-refractivity contribution in [1.82, 2.24) is 5.32 Å². The standard InChI is InChI=1S/C16H19ClFNO/c1-11(5-7-14-4-3-9-20-14)19-12(2)15-8-6-13(18)10-16(15)17/h3-4,6,8-12,19H,5,7H2,1-2H3. The second-order valence-corrected chi connectivity index (χ2v) is 5.48. The maximum absolute atomic E-state index is 13.0. The first kappa shape index (κ1) is 15.1. The first-order valence-electron chi connectivity index (χ1n) is 6.79. The van der Waals surface area contributed by atoms with Crippen molar-refractivity contribution >= 4 is 11.6 Å². The van der Waals surface area contributed by atoms with Crippen molar-refractivity contribution in [3.63, 3.8) is 0 Å². The first-order valence-corrected chi connectivity index (χ1v) is 7.17. The van der Waals surface area contributed by atoms with Crippen molar-refractivity contribution < 1.29 is 8.81 Å². The van der Waals surface area contributed by atoms with Crippen LogP contribution in [0.4, 0.5) is 4.39 Å². The van der Waals surface area contributed by atoms with E-state index in [4.69, 9.17) is 16.0 Å². The molecule has 0 saturated carbocycles. The van der Waals surface area contributed by atoms with Crippen LogP contribution in [0.15, 0.2) is 41.0 Å². The summed E-state index contributed by atoms with van der Waals surface area (Å²) in [7, 11) is 0. The molecule has 1 N–H and O–H groups in total. The molecule has 0 aliphatic carbocycles. The van der Waals surface area contributed by atoms with Crippen LogP contribution in [-0.2, 0) is 6.42 Å². The Morgan fingerprint density at radius 1 is 1.30 bits per heavy atom. The van der Waals surface area contributed by atoms with Gasteiger partial charge in [-0.3, -0.25) is 0 Å². The fourth-order valence-corrected chi connectivity index (χ4v) is 2.60. The van der Waals surface area contributed by atoms with Crippen LogP contribution in [0.2, 0.25) is 5.02 Å². The van der Waals surface area contributed by atoms with Gasteiger partial charge in [0.2, 0.25) is 0 Å². The summed E-state index contributed by atoms with van der Waals surface area (Å²) in [5.41, 5.74) is 0.915. The zero-order chi connectivity index (χ0) is 14.5. The predicted molar refractivity (Wildman–Crippen MR) is 79.5 cm³/mol. The molecule has 1 heterocycles. The van der Waals surface area contributed by atoms with Gasteiger partial charge < -0.3 is 9.73 Å². The highest BCUT2D eigenvalue weighted by Crippen LogP contribution is 2.24. The van der Waals surface area contributed by atoms with Crippen LogP contribution in [0.1, 0.15) is 37.6 Å². The predicted octanol–water partition coefficient (Wildman–Crippen LogP) is 4.74. The molecule has 0 saturated heterocycles. The second kappa shape index (κ2) is 6.91. The fourth-order valence-electron chi connectivity index (χ4n) is 2.27. The van der Waals surface area contributed by atoms with Crippen LogP contribution < -0.4 is 5.32 Å². The van der Waals surface area contributed by atoms with Crippen LogP contribution in [0.3, 0.4) is 0 Å². The summed E-state index contributed by atoms with van der Waals surface area (Å²) in [5, 5.41) is 3.93. The summed E-state index contributed by atoms with van der Waals surface area (Å²) in [6, 6.07) is 8.79. The largest absolute Gasteiger partial charge is 0.469 e. The van der Waals surface area contributed by atoms with E-state index in [1.54, 1.807) is 12.3 Å². The minimum atomic E-state index is -0.309. The molecule has 0 fully saturated rings. The number of furan rings is 1. The van der Waals surface area contributed by atoms with Gasteiger partial charge in [0.05, 0.1) is 6.26 Å². The summed E-state index contributed by atoms with van der Waals surface area (Å²) < 4.78 is 18.4. The minimum Gasteiger partial charge on any atom is -0.469 e. The van der Waals surface area contributed by atoms with E-state index < -0.39 is 0 Å². The van der Waals surface area contributed by atoms with Crippen LogP contribution in [0.5, 0.6) is 0 Å². The third kappa shape index (κ3) is 4.09. The van der Waals surface area contributed by atoms with Gasteiger partial charge in [-0.15, -0.1) is 0 Å². The first-order chi connectivity index (χ1) is 9.56. The molecule has 20 heavy (non-hydrogen) atoms.